The van der Waals surface area contributed by atoms with Crippen molar-refractivity contribution in [1.82, 2.24) is 9.80 Å². The van der Waals surface area contributed by atoms with Crippen LogP contribution in [0, 0.1) is 0 Å². The second-order valence-corrected chi connectivity index (χ2v) is 10.6. The average molecular weight is 522 g/mol. The quantitative estimate of drug-likeness (QED) is 0.473. The molecule has 2 amide bonds. The Morgan fingerprint density at radius 1 is 0.700 bits per heavy atom. The zero-order chi connectivity index (χ0) is 21.4. The van der Waals surface area contributed by atoms with E-state index in [2.05, 4.69) is 0 Å². The van der Waals surface area contributed by atoms with Crippen LogP contribution in [0.1, 0.15) is 21.9 Å². The Morgan fingerprint density at radius 3 is 1.47 bits per heavy atom. The number of amides is 2. The van der Waals surface area contributed by atoms with Gasteiger partial charge in [0.1, 0.15) is 10.7 Å². The zero-order valence-corrected chi connectivity index (χ0v) is 20.1. The second kappa shape index (κ2) is 9.39. The lowest BCUT2D eigenvalue weighted by molar-refractivity contribution is -0.132. The molecule has 0 N–H and O–H groups in total. The third kappa shape index (κ3) is 4.54. The molecule has 2 heterocycles. The van der Waals surface area contributed by atoms with Crippen LogP contribution in [-0.4, -0.2) is 46.2 Å². The molecule has 2 fully saturated rings. The molecule has 2 aliphatic rings. The number of nitrogens with zero attached hydrogens (tertiary/aromatic N) is 2. The minimum Gasteiger partial charge on any atom is -0.324 e. The normalized spacial score (nSPS) is 21.7. The maximum atomic E-state index is 12.5. The fourth-order valence-electron chi connectivity index (χ4n) is 3.49. The van der Waals surface area contributed by atoms with E-state index in [1.807, 2.05) is 12.1 Å². The lowest BCUT2D eigenvalue weighted by atomic mass is 10.2. The molecule has 2 atom stereocenters. The first kappa shape index (κ1) is 22.4. The molecule has 2 aliphatic heterocycles. The summed E-state index contributed by atoms with van der Waals surface area (Å²) in [4.78, 5) is 28.7. The number of rotatable bonds is 5. The van der Waals surface area contributed by atoms with Crippen LogP contribution in [0.3, 0.4) is 0 Å². The van der Waals surface area contributed by atoms with E-state index < -0.39 is 0 Å². The molecule has 0 unspecified atom stereocenters. The van der Waals surface area contributed by atoms with Crippen LogP contribution in [0.5, 0.6) is 0 Å². The first-order valence-electron chi connectivity index (χ1n) is 9.07. The standard InChI is InChI=1S/C20H16Cl4N2O2S2/c21-13-3-1-11(7-15(13)23)19-25(17(27)9-29-19)5-6-26-18(28)10-30-20(26)12-2-4-14(22)16(24)8-12/h1-4,7-8,19-20H,5-6,9-10H2/t19-,20-/m1/s1. The van der Waals surface area contributed by atoms with Crippen LogP contribution in [0.4, 0.5) is 0 Å². The Labute approximate surface area is 203 Å². The van der Waals surface area contributed by atoms with E-state index in [9.17, 15) is 9.59 Å². The van der Waals surface area contributed by atoms with E-state index >= 15 is 0 Å². The van der Waals surface area contributed by atoms with Crippen LogP contribution in [0.2, 0.25) is 20.1 Å². The lowest BCUT2D eigenvalue weighted by Crippen LogP contribution is -2.39. The minimum atomic E-state index is -0.152. The molecule has 0 aromatic heterocycles. The van der Waals surface area contributed by atoms with E-state index in [-0.39, 0.29) is 22.6 Å². The number of hydrogen-bond donors (Lipinski definition) is 0. The number of halogens is 4. The van der Waals surface area contributed by atoms with Crippen molar-refractivity contribution in [2.45, 2.75) is 10.7 Å². The summed E-state index contributed by atoms with van der Waals surface area (Å²) in [6.07, 6.45) is 0. The Hall–Kier alpha value is -0.760. The highest BCUT2D eigenvalue weighted by Crippen LogP contribution is 2.42. The van der Waals surface area contributed by atoms with Crippen molar-refractivity contribution < 1.29 is 9.59 Å². The fourth-order valence-corrected chi connectivity index (χ4v) is 6.52. The first-order valence-corrected chi connectivity index (χ1v) is 12.7. The molecule has 4 nitrogen and oxygen atoms in total. The highest BCUT2D eigenvalue weighted by molar-refractivity contribution is 8.00. The van der Waals surface area contributed by atoms with Gasteiger partial charge in [-0.2, -0.15) is 0 Å². The summed E-state index contributed by atoms with van der Waals surface area (Å²) in [6, 6.07) is 10.8. The number of thioether (sulfide) groups is 2. The highest BCUT2D eigenvalue weighted by atomic mass is 35.5. The summed E-state index contributed by atoms with van der Waals surface area (Å²) in [7, 11) is 0. The minimum absolute atomic E-state index is 0.0430. The van der Waals surface area contributed by atoms with Gasteiger partial charge < -0.3 is 9.80 Å². The molecule has 4 rings (SSSR count). The Morgan fingerprint density at radius 2 is 1.10 bits per heavy atom. The summed E-state index contributed by atoms with van der Waals surface area (Å²) in [5.41, 5.74) is 1.84. The summed E-state index contributed by atoms with van der Waals surface area (Å²) in [5.74, 6) is 0.871. The summed E-state index contributed by atoms with van der Waals surface area (Å²) in [6.45, 7) is 0.863. The van der Waals surface area contributed by atoms with Crippen molar-refractivity contribution in [3.63, 3.8) is 0 Å². The number of carbonyl (C=O) groups excluding carboxylic acids is 2. The molecule has 0 saturated carbocycles. The molecule has 0 bridgehead atoms. The SMILES string of the molecule is O=C1CS[C@H](c2ccc(Cl)c(Cl)c2)N1CCN1C(=O)CS[C@@H]1c1ccc(Cl)c(Cl)c1. The van der Waals surface area contributed by atoms with Gasteiger partial charge in [0.2, 0.25) is 11.8 Å². The smallest absolute Gasteiger partial charge is 0.233 e. The van der Waals surface area contributed by atoms with Gasteiger partial charge in [0, 0.05) is 13.1 Å². The molecule has 158 valence electrons. The van der Waals surface area contributed by atoms with Gasteiger partial charge in [-0.05, 0) is 35.4 Å². The first-order chi connectivity index (χ1) is 14.3. The van der Waals surface area contributed by atoms with Crippen LogP contribution >= 0.6 is 69.9 Å². The van der Waals surface area contributed by atoms with Gasteiger partial charge in [-0.15, -0.1) is 23.5 Å². The Kier molecular flexibility index (Phi) is 7.02. The fraction of sp³-hybridized carbons (Fsp3) is 0.300. The van der Waals surface area contributed by atoms with Crippen LogP contribution in [0.25, 0.3) is 0 Å². The topological polar surface area (TPSA) is 40.6 Å². The van der Waals surface area contributed by atoms with Crippen molar-refractivity contribution in [3.05, 3.63) is 67.6 Å². The maximum absolute atomic E-state index is 12.5. The van der Waals surface area contributed by atoms with Gasteiger partial charge in [0.15, 0.2) is 0 Å². The average Bonchev–Trinajstić information content (AvgIpc) is 3.27. The second-order valence-electron chi connectivity index (χ2n) is 6.85. The predicted molar refractivity (Wildman–Crippen MR) is 127 cm³/mol. The van der Waals surface area contributed by atoms with Gasteiger partial charge in [-0.1, -0.05) is 58.5 Å². The van der Waals surface area contributed by atoms with E-state index in [0.29, 0.717) is 44.7 Å². The summed E-state index contributed by atoms with van der Waals surface area (Å²) >= 11 is 27.5. The van der Waals surface area contributed by atoms with Crippen LogP contribution in [-0.2, 0) is 9.59 Å². The van der Waals surface area contributed by atoms with Gasteiger partial charge in [0.05, 0.1) is 31.6 Å². The van der Waals surface area contributed by atoms with Gasteiger partial charge in [-0.3, -0.25) is 9.59 Å². The largest absolute Gasteiger partial charge is 0.324 e. The number of benzene rings is 2. The lowest BCUT2D eigenvalue weighted by Gasteiger charge is -2.29. The zero-order valence-electron chi connectivity index (χ0n) is 15.5. The molecular weight excluding hydrogens is 506 g/mol. The van der Waals surface area contributed by atoms with Crippen LogP contribution < -0.4 is 0 Å². The third-order valence-corrected chi connectivity index (χ3v) is 8.97. The Balaban J connectivity index is 1.50. The molecule has 2 saturated heterocycles. The van der Waals surface area contributed by atoms with E-state index in [1.165, 1.54) is 0 Å². The molecule has 0 radical (unpaired) electrons. The van der Waals surface area contributed by atoms with Crippen molar-refractivity contribution >= 4 is 81.7 Å². The molecule has 30 heavy (non-hydrogen) atoms. The van der Waals surface area contributed by atoms with E-state index in [1.54, 1.807) is 57.6 Å². The molecule has 2 aromatic carbocycles. The van der Waals surface area contributed by atoms with Gasteiger partial charge in [-0.25, -0.2) is 0 Å². The number of carbonyl (C=O) groups is 2. The van der Waals surface area contributed by atoms with Crippen molar-refractivity contribution in [2.75, 3.05) is 24.6 Å². The summed E-state index contributed by atoms with van der Waals surface area (Å²) in [5, 5.41) is 1.57. The predicted octanol–water partition coefficient (Wildman–Crippen LogP) is 6.15. The molecule has 0 spiro atoms. The molecule has 0 aliphatic carbocycles. The van der Waals surface area contributed by atoms with Gasteiger partial charge in [0.25, 0.3) is 0 Å². The van der Waals surface area contributed by atoms with Gasteiger partial charge >= 0.3 is 0 Å². The molecule has 2 aromatic rings. The Bertz CT molecular complexity index is 927. The van der Waals surface area contributed by atoms with E-state index in [4.69, 9.17) is 46.4 Å². The van der Waals surface area contributed by atoms with Crippen molar-refractivity contribution in [1.29, 1.82) is 0 Å². The van der Waals surface area contributed by atoms with Crippen molar-refractivity contribution in [3.8, 4) is 0 Å². The summed E-state index contributed by atoms with van der Waals surface area (Å²) < 4.78 is 0. The van der Waals surface area contributed by atoms with Crippen molar-refractivity contribution in [2.24, 2.45) is 0 Å². The van der Waals surface area contributed by atoms with Crippen LogP contribution in [0.15, 0.2) is 36.4 Å². The number of hydrogen-bond acceptors (Lipinski definition) is 4. The molecule has 10 heteroatoms. The highest BCUT2D eigenvalue weighted by Gasteiger charge is 2.37. The molecular formula is C20H16Cl4N2O2S2. The maximum Gasteiger partial charge on any atom is 0.233 e. The van der Waals surface area contributed by atoms with E-state index in [0.717, 1.165) is 11.1 Å². The monoisotopic (exact) mass is 520 g/mol. The third-order valence-electron chi connectivity index (χ3n) is 4.98.